The fraction of sp³-hybridized carbons (Fsp3) is 0.421. The van der Waals surface area contributed by atoms with Crippen LogP contribution in [-0.2, 0) is 9.47 Å². The maximum Gasteiger partial charge on any atom is 0.254 e. The van der Waals surface area contributed by atoms with E-state index in [9.17, 15) is 4.79 Å². The van der Waals surface area contributed by atoms with Crippen molar-refractivity contribution in [2.24, 2.45) is 0 Å². The summed E-state index contributed by atoms with van der Waals surface area (Å²) in [7, 11) is 1.72. The second-order valence-corrected chi connectivity index (χ2v) is 6.28. The highest BCUT2D eigenvalue weighted by Crippen LogP contribution is 2.33. The Kier molecular flexibility index (Phi) is 3.79. The third-order valence-electron chi connectivity index (χ3n) is 5.12. The molecule has 0 unspecified atom stereocenters. The molecule has 2 aromatic carbocycles. The highest BCUT2D eigenvalue weighted by molar-refractivity contribution is 6.07. The molecule has 1 heterocycles. The monoisotopic (exact) mass is 311 g/mol. The molecule has 1 amide bonds. The van der Waals surface area contributed by atoms with Crippen molar-refractivity contribution in [3.8, 4) is 0 Å². The first-order chi connectivity index (χ1) is 11.3. The lowest BCUT2D eigenvalue weighted by atomic mass is 10.0. The molecule has 2 fully saturated rings. The summed E-state index contributed by atoms with van der Waals surface area (Å²) in [6.07, 6.45) is 2.00. The Morgan fingerprint density at radius 3 is 2.87 bits per heavy atom. The number of carbonyl (C=O) groups is 1. The summed E-state index contributed by atoms with van der Waals surface area (Å²) in [5, 5.41) is 2.12. The minimum atomic E-state index is 0.00711. The number of nitrogens with zero attached hydrogens (tertiary/aromatic N) is 1. The van der Waals surface area contributed by atoms with Crippen LogP contribution in [0.1, 0.15) is 23.2 Å². The normalized spacial score (nSPS) is 27.2. The zero-order valence-electron chi connectivity index (χ0n) is 13.3. The second-order valence-electron chi connectivity index (χ2n) is 6.28. The Morgan fingerprint density at radius 1 is 1.17 bits per heavy atom. The van der Waals surface area contributed by atoms with E-state index in [4.69, 9.17) is 9.47 Å². The number of hydrogen-bond acceptors (Lipinski definition) is 3. The van der Waals surface area contributed by atoms with Crippen LogP contribution in [-0.4, -0.2) is 49.3 Å². The van der Waals surface area contributed by atoms with Gasteiger partial charge in [-0.05, 0) is 29.7 Å². The van der Waals surface area contributed by atoms with Gasteiger partial charge in [0.2, 0.25) is 0 Å². The first-order valence-electron chi connectivity index (χ1n) is 8.23. The molecule has 0 radical (unpaired) electrons. The molecule has 23 heavy (non-hydrogen) atoms. The van der Waals surface area contributed by atoms with Gasteiger partial charge in [0, 0.05) is 19.2 Å². The maximum atomic E-state index is 13.2. The number of benzene rings is 2. The van der Waals surface area contributed by atoms with Crippen LogP contribution in [0.5, 0.6) is 0 Å². The molecular formula is C19H21NO3. The number of carbonyl (C=O) groups excluding carboxylic acids is 1. The number of rotatable bonds is 2. The topological polar surface area (TPSA) is 38.8 Å². The van der Waals surface area contributed by atoms with Crippen LogP contribution in [0.4, 0.5) is 0 Å². The molecule has 0 N–H and O–H groups in total. The van der Waals surface area contributed by atoms with Crippen LogP contribution >= 0.6 is 0 Å². The first kappa shape index (κ1) is 14.7. The zero-order valence-corrected chi connectivity index (χ0v) is 13.3. The molecular weight excluding hydrogens is 290 g/mol. The molecule has 1 aliphatic carbocycles. The molecule has 1 aliphatic heterocycles. The standard InChI is InChI=1S/C19H21NO3/c1-22-17-10-9-16-18(17)23-12-11-20(16)19(21)15-8-4-6-13-5-2-3-7-14(13)15/h2-8,16-18H,9-12H2,1H3/t16-,17+,18+/m0/s1. The number of methoxy groups -OCH3 is 1. The van der Waals surface area contributed by atoms with Crippen molar-refractivity contribution in [2.75, 3.05) is 20.3 Å². The quantitative estimate of drug-likeness (QED) is 0.856. The van der Waals surface area contributed by atoms with E-state index in [0.717, 1.165) is 29.2 Å². The van der Waals surface area contributed by atoms with Crippen molar-refractivity contribution in [3.63, 3.8) is 0 Å². The van der Waals surface area contributed by atoms with Gasteiger partial charge in [-0.15, -0.1) is 0 Å². The number of ether oxygens (including phenoxy) is 2. The predicted octanol–water partition coefficient (Wildman–Crippen LogP) is 2.86. The number of morpholine rings is 1. The number of fused-ring (bicyclic) bond motifs is 2. The summed E-state index contributed by atoms with van der Waals surface area (Å²) in [5.74, 6) is 0.108. The molecule has 2 aromatic rings. The van der Waals surface area contributed by atoms with Crippen LogP contribution in [0.25, 0.3) is 10.8 Å². The van der Waals surface area contributed by atoms with Crippen molar-refractivity contribution < 1.29 is 14.3 Å². The third kappa shape index (κ3) is 2.42. The van der Waals surface area contributed by atoms with Crippen molar-refractivity contribution in [2.45, 2.75) is 31.1 Å². The Balaban J connectivity index is 1.68. The summed E-state index contributed by atoms with van der Waals surface area (Å²) in [6, 6.07) is 14.1. The van der Waals surface area contributed by atoms with E-state index in [1.165, 1.54) is 0 Å². The molecule has 0 bridgehead atoms. The average molecular weight is 311 g/mol. The minimum absolute atomic E-state index is 0.00711. The number of hydrogen-bond donors (Lipinski definition) is 0. The molecule has 2 aliphatic rings. The molecule has 4 rings (SSSR count). The van der Waals surface area contributed by atoms with Gasteiger partial charge in [-0.25, -0.2) is 0 Å². The molecule has 4 heteroatoms. The molecule has 0 spiro atoms. The fourth-order valence-corrected chi connectivity index (χ4v) is 3.99. The Hall–Kier alpha value is -1.91. The Morgan fingerprint density at radius 2 is 2.00 bits per heavy atom. The van der Waals surface area contributed by atoms with Gasteiger partial charge in [-0.3, -0.25) is 4.79 Å². The van der Waals surface area contributed by atoms with E-state index in [1.807, 2.05) is 47.4 Å². The van der Waals surface area contributed by atoms with Gasteiger partial charge in [-0.2, -0.15) is 0 Å². The lowest BCUT2D eigenvalue weighted by Gasteiger charge is -2.39. The van der Waals surface area contributed by atoms with Crippen molar-refractivity contribution >= 4 is 16.7 Å². The van der Waals surface area contributed by atoms with E-state index in [1.54, 1.807) is 7.11 Å². The third-order valence-corrected chi connectivity index (χ3v) is 5.12. The second kappa shape index (κ2) is 5.95. The average Bonchev–Trinajstić information content (AvgIpc) is 3.04. The van der Waals surface area contributed by atoms with Gasteiger partial charge in [0.05, 0.1) is 18.8 Å². The van der Waals surface area contributed by atoms with Crippen LogP contribution in [0.2, 0.25) is 0 Å². The molecule has 4 nitrogen and oxygen atoms in total. The Bertz CT molecular complexity index is 724. The van der Waals surface area contributed by atoms with E-state index < -0.39 is 0 Å². The smallest absolute Gasteiger partial charge is 0.254 e. The van der Waals surface area contributed by atoms with Gasteiger partial charge >= 0.3 is 0 Å². The van der Waals surface area contributed by atoms with Gasteiger partial charge in [0.25, 0.3) is 5.91 Å². The molecule has 1 saturated heterocycles. The highest BCUT2D eigenvalue weighted by Gasteiger charge is 2.44. The molecule has 120 valence electrons. The minimum Gasteiger partial charge on any atom is -0.379 e. The van der Waals surface area contributed by atoms with Crippen LogP contribution in [0, 0.1) is 0 Å². The van der Waals surface area contributed by atoms with Crippen molar-refractivity contribution in [1.82, 2.24) is 4.90 Å². The summed E-state index contributed by atoms with van der Waals surface area (Å²) in [4.78, 5) is 15.2. The van der Waals surface area contributed by atoms with E-state index in [-0.39, 0.29) is 24.2 Å². The van der Waals surface area contributed by atoms with Gasteiger partial charge in [0.15, 0.2) is 0 Å². The molecule has 0 aromatic heterocycles. The zero-order chi connectivity index (χ0) is 15.8. The van der Waals surface area contributed by atoms with E-state index in [2.05, 4.69) is 0 Å². The van der Waals surface area contributed by atoms with Crippen LogP contribution in [0.3, 0.4) is 0 Å². The van der Waals surface area contributed by atoms with Crippen molar-refractivity contribution in [1.29, 1.82) is 0 Å². The highest BCUT2D eigenvalue weighted by atomic mass is 16.5. The van der Waals surface area contributed by atoms with Gasteiger partial charge in [-0.1, -0.05) is 36.4 Å². The van der Waals surface area contributed by atoms with Crippen LogP contribution in [0.15, 0.2) is 42.5 Å². The van der Waals surface area contributed by atoms with Crippen molar-refractivity contribution in [3.05, 3.63) is 48.0 Å². The summed E-state index contributed by atoms with van der Waals surface area (Å²) in [6.45, 7) is 1.23. The molecule has 3 atom stereocenters. The van der Waals surface area contributed by atoms with E-state index in [0.29, 0.717) is 13.2 Å². The molecule has 1 saturated carbocycles. The summed E-state index contributed by atoms with van der Waals surface area (Å²) < 4.78 is 11.4. The first-order valence-corrected chi connectivity index (χ1v) is 8.23. The number of amides is 1. The van der Waals surface area contributed by atoms with E-state index >= 15 is 0 Å². The largest absolute Gasteiger partial charge is 0.379 e. The lowest BCUT2D eigenvalue weighted by Crippen LogP contribution is -2.53. The van der Waals surface area contributed by atoms with Gasteiger partial charge in [0.1, 0.15) is 6.10 Å². The summed E-state index contributed by atoms with van der Waals surface area (Å²) in [5.41, 5.74) is 0.782. The predicted molar refractivity (Wildman–Crippen MR) is 88.5 cm³/mol. The summed E-state index contributed by atoms with van der Waals surface area (Å²) >= 11 is 0. The SMILES string of the molecule is CO[C@@H]1CC[C@H]2[C@H]1OCCN2C(=O)c1cccc2ccccc12. The lowest BCUT2D eigenvalue weighted by molar-refractivity contribution is -0.0946. The van der Waals surface area contributed by atoms with Crippen LogP contribution < -0.4 is 0 Å². The maximum absolute atomic E-state index is 13.2. The Labute approximate surface area is 136 Å². The van der Waals surface area contributed by atoms with Gasteiger partial charge < -0.3 is 14.4 Å². The fourth-order valence-electron chi connectivity index (χ4n) is 3.99.